The molecule has 0 heterocycles. The Balaban J connectivity index is 1.98. The minimum absolute atomic E-state index is 0.132. The van der Waals surface area contributed by atoms with Gasteiger partial charge in [0.2, 0.25) is 5.91 Å². The molecule has 24 heavy (non-hydrogen) atoms. The molecular weight excluding hydrogens is 328 g/mol. The van der Waals surface area contributed by atoms with Crippen LogP contribution in [-0.4, -0.2) is 24.9 Å². The smallest absolute Gasteiger partial charge is 0.255 e. The second kappa shape index (κ2) is 8.93. The van der Waals surface area contributed by atoms with Gasteiger partial charge in [0.25, 0.3) is 5.91 Å². The summed E-state index contributed by atoms with van der Waals surface area (Å²) >= 11 is 6.11. The minimum atomic E-state index is -0.255. The third kappa shape index (κ3) is 5.28. The van der Waals surface area contributed by atoms with E-state index in [-0.39, 0.29) is 18.4 Å². The van der Waals surface area contributed by atoms with Gasteiger partial charge in [-0.05, 0) is 18.2 Å². The van der Waals surface area contributed by atoms with Gasteiger partial charge >= 0.3 is 0 Å². The van der Waals surface area contributed by atoms with E-state index < -0.39 is 0 Å². The molecule has 0 radical (unpaired) electrons. The molecule has 2 aromatic carbocycles. The zero-order valence-corrected chi connectivity index (χ0v) is 14.1. The molecule has 2 rings (SSSR count). The predicted molar refractivity (Wildman–Crippen MR) is 93.2 cm³/mol. The summed E-state index contributed by atoms with van der Waals surface area (Å²) in [4.78, 5) is 23.1. The summed E-state index contributed by atoms with van der Waals surface area (Å²) in [6.07, 6.45) is 0. The van der Waals surface area contributed by atoms with Gasteiger partial charge in [0.1, 0.15) is 12.4 Å². The number of carbonyl (C=O) groups is 2. The topological polar surface area (TPSA) is 67.4 Å². The van der Waals surface area contributed by atoms with Crippen LogP contribution in [0.25, 0.3) is 0 Å². The van der Waals surface area contributed by atoms with Crippen molar-refractivity contribution >= 4 is 23.4 Å². The Morgan fingerprint density at radius 1 is 1.00 bits per heavy atom. The SMILES string of the molecule is CC(=O)NCCNC(=O)c1ccccc1OCc1ccccc1Cl. The third-order valence-corrected chi connectivity index (χ3v) is 3.63. The van der Waals surface area contributed by atoms with Crippen molar-refractivity contribution in [1.29, 1.82) is 0 Å². The molecule has 0 atom stereocenters. The number of benzene rings is 2. The van der Waals surface area contributed by atoms with E-state index in [0.717, 1.165) is 5.56 Å². The van der Waals surface area contributed by atoms with E-state index in [0.29, 0.717) is 29.4 Å². The Bertz CT molecular complexity index is 719. The second-order valence-electron chi connectivity index (χ2n) is 5.12. The van der Waals surface area contributed by atoms with Crippen molar-refractivity contribution in [3.63, 3.8) is 0 Å². The van der Waals surface area contributed by atoms with E-state index in [1.807, 2.05) is 18.2 Å². The Morgan fingerprint density at radius 3 is 2.42 bits per heavy atom. The van der Waals surface area contributed by atoms with Crippen molar-refractivity contribution in [1.82, 2.24) is 10.6 Å². The fraction of sp³-hybridized carbons (Fsp3) is 0.222. The molecule has 0 aliphatic rings. The molecular formula is C18H19ClN2O3. The van der Waals surface area contributed by atoms with Crippen LogP contribution in [0.2, 0.25) is 5.02 Å². The standard InChI is InChI=1S/C18H19ClN2O3/c1-13(22)20-10-11-21-18(23)15-7-3-5-9-17(15)24-12-14-6-2-4-8-16(14)19/h2-9H,10-12H2,1H3,(H,20,22)(H,21,23). The van der Waals surface area contributed by atoms with Crippen LogP contribution in [0.3, 0.4) is 0 Å². The molecule has 2 aromatic rings. The first-order chi connectivity index (χ1) is 11.6. The minimum Gasteiger partial charge on any atom is -0.488 e. The summed E-state index contributed by atoms with van der Waals surface area (Å²) in [5, 5.41) is 5.98. The third-order valence-electron chi connectivity index (χ3n) is 3.26. The van der Waals surface area contributed by atoms with Gasteiger partial charge in [-0.2, -0.15) is 0 Å². The highest BCUT2D eigenvalue weighted by Crippen LogP contribution is 2.21. The monoisotopic (exact) mass is 346 g/mol. The molecule has 5 nitrogen and oxygen atoms in total. The van der Waals surface area contributed by atoms with Crippen LogP contribution < -0.4 is 15.4 Å². The first-order valence-corrected chi connectivity index (χ1v) is 7.93. The Hall–Kier alpha value is -2.53. The summed E-state index contributed by atoms with van der Waals surface area (Å²) in [6.45, 7) is 2.43. The molecule has 0 fully saturated rings. The molecule has 0 aliphatic carbocycles. The maximum Gasteiger partial charge on any atom is 0.255 e. The zero-order valence-electron chi connectivity index (χ0n) is 13.3. The van der Waals surface area contributed by atoms with Crippen molar-refractivity contribution in [3.05, 3.63) is 64.7 Å². The van der Waals surface area contributed by atoms with Crippen LogP contribution in [-0.2, 0) is 11.4 Å². The van der Waals surface area contributed by atoms with Crippen molar-refractivity contribution in [3.8, 4) is 5.75 Å². The molecule has 6 heteroatoms. The molecule has 126 valence electrons. The average Bonchev–Trinajstić information content (AvgIpc) is 2.58. The highest BCUT2D eigenvalue weighted by molar-refractivity contribution is 6.31. The van der Waals surface area contributed by atoms with Crippen LogP contribution >= 0.6 is 11.6 Å². The molecule has 2 N–H and O–H groups in total. The van der Waals surface area contributed by atoms with Gasteiger partial charge in [0, 0.05) is 30.6 Å². The molecule has 2 amide bonds. The van der Waals surface area contributed by atoms with Gasteiger partial charge in [0.05, 0.1) is 5.56 Å². The summed E-state index contributed by atoms with van der Waals surface area (Å²) in [7, 11) is 0. The number of hydrogen-bond acceptors (Lipinski definition) is 3. The van der Waals surface area contributed by atoms with Crippen molar-refractivity contribution in [2.75, 3.05) is 13.1 Å². The number of para-hydroxylation sites is 1. The average molecular weight is 347 g/mol. The van der Waals surface area contributed by atoms with Crippen LogP contribution in [0.4, 0.5) is 0 Å². The van der Waals surface area contributed by atoms with E-state index in [4.69, 9.17) is 16.3 Å². The first-order valence-electron chi connectivity index (χ1n) is 7.56. The van der Waals surface area contributed by atoms with Crippen molar-refractivity contribution < 1.29 is 14.3 Å². The number of hydrogen-bond donors (Lipinski definition) is 2. The van der Waals surface area contributed by atoms with Crippen molar-refractivity contribution in [2.45, 2.75) is 13.5 Å². The van der Waals surface area contributed by atoms with Crippen LogP contribution in [0.5, 0.6) is 5.75 Å². The largest absolute Gasteiger partial charge is 0.488 e. The maximum absolute atomic E-state index is 12.3. The lowest BCUT2D eigenvalue weighted by Gasteiger charge is -2.12. The summed E-state index contributed by atoms with van der Waals surface area (Å²) in [6, 6.07) is 14.4. The van der Waals surface area contributed by atoms with E-state index in [1.54, 1.807) is 30.3 Å². The Morgan fingerprint density at radius 2 is 1.67 bits per heavy atom. The molecule has 0 saturated heterocycles. The van der Waals surface area contributed by atoms with E-state index >= 15 is 0 Å². The number of carbonyl (C=O) groups excluding carboxylic acids is 2. The molecule has 0 bridgehead atoms. The second-order valence-corrected chi connectivity index (χ2v) is 5.52. The zero-order chi connectivity index (χ0) is 17.4. The Labute approximate surface area is 146 Å². The van der Waals surface area contributed by atoms with Gasteiger partial charge in [-0.15, -0.1) is 0 Å². The van der Waals surface area contributed by atoms with Gasteiger partial charge < -0.3 is 15.4 Å². The highest BCUT2D eigenvalue weighted by Gasteiger charge is 2.12. The first kappa shape index (κ1) is 17.8. The predicted octanol–water partition coefficient (Wildman–Crippen LogP) is 2.78. The molecule has 0 saturated carbocycles. The fourth-order valence-electron chi connectivity index (χ4n) is 2.06. The van der Waals surface area contributed by atoms with Crippen LogP contribution in [0, 0.1) is 0 Å². The lowest BCUT2D eigenvalue weighted by molar-refractivity contribution is -0.118. The fourth-order valence-corrected chi connectivity index (χ4v) is 2.25. The lowest BCUT2D eigenvalue weighted by Crippen LogP contribution is -2.33. The quantitative estimate of drug-likeness (QED) is 0.757. The van der Waals surface area contributed by atoms with Crippen LogP contribution in [0.1, 0.15) is 22.8 Å². The highest BCUT2D eigenvalue weighted by atomic mass is 35.5. The normalized spacial score (nSPS) is 10.1. The van der Waals surface area contributed by atoms with Crippen LogP contribution in [0.15, 0.2) is 48.5 Å². The van der Waals surface area contributed by atoms with E-state index in [1.165, 1.54) is 6.92 Å². The van der Waals surface area contributed by atoms with Gasteiger partial charge in [-0.25, -0.2) is 0 Å². The Kier molecular flexibility index (Phi) is 6.63. The molecule has 0 aliphatic heterocycles. The van der Waals surface area contributed by atoms with Gasteiger partial charge in [-0.3, -0.25) is 9.59 Å². The number of rotatable bonds is 7. The van der Waals surface area contributed by atoms with Gasteiger partial charge in [-0.1, -0.05) is 41.9 Å². The van der Waals surface area contributed by atoms with Crippen molar-refractivity contribution in [2.24, 2.45) is 0 Å². The summed E-state index contributed by atoms with van der Waals surface area (Å²) in [5.41, 5.74) is 1.28. The number of nitrogens with one attached hydrogen (secondary N) is 2. The van der Waals surface area contributed by atoms with E-state index in [2.05, 4.69) is 10.6 Å². The molecule has 0 unspecified atom stereocenters. The molecule has 0 aromatic heterocycles. The summed E-state index contributed by atoms with van der Waals surface area (Å²) in [5.74, 6) is 0.0947. The number of amides is 2. The van der Waals surface area contributed by atoms with E-state index in [9.17, 15) is 9.59 Å². The number of halogens is 1. The number of ether oxygens (including phenoxy) is 1. The van der Waals surface area contributed by atoms with Gasteiger partial charge in [0.15, 0.2) is 0 Å². The lowest BCUT2D eigenvalue weighted by atomic mass is 10.2. The maximum atomic E-state index is 12.3. The molecule has 0 spiro atoms. The summed E-state index contributed by atoms with van der Waals surface area (Å²) < 4.78 is 5.75.